The van der Waals surface area contributed by atoms with Crippen molar-refractivity contribution in [1.29, 1.82) is 0 Å². The van der Waals surface area contributed by atoms with Crippen molar-refractivity contribution in [3.63, 3.8) is 0 Å². The predicted octanol–water partition coefficient (Wildman–Crippen LogP) is 2.36. The molecule has 0 radical (unpaired) electrons. The smallest absolute Gasteiger partial charge is 0.414 e. The Morgan fingerprint density at radius 2 is 1.96 bits per heavy atom. The Bertz CT molecular complexity index is 776. The summed E-state index contributed by atoms with van der Waals surface area (Å²) in [5, 5.41) is 2.53. The summed E-state index contributed by atoms with van der Waals surface area (Å²) in [6.45, 7) is 1.79. The molecule has 2 aliphatic heterocycles. The largest absolute Gasteiger partial charge is 0.442 e. The number of ether oxygens (including phenoxy) is 1. The lowest BCUT2D eigenvalue weighted by Gasteiger charge is -2.22. The molecule has 3 fully saturated rings. The Labute approximate surface area is 154 Å². The van der Waals surface area contributed by atoms with Gasteiger partial charge in [-0.1, -0.05) is 0 Å². The molecule has 0 bridgehead atoms. The number of alkyl halides is 1. The molecule has 6 nitrogen and oxygen atoms in total. The van der Waals surface area contributed by atoms with E-state index in [9.17, 15) is 22.8 Å². The lowest BCUT2D eigenvalue weighted by molar-refractivity contribution is -0.119. The van der Waals surface area contributed by atoms with Crippen molar-refractivity contribution in [2.24, 2.45) is 5.41 Å². The summed E-state index contributed by atoms with van der Waals surface area (Å²) in [7, 11) is 0. The van der Waals surface area contributed by atoms with Crippen molar-refractivity contribution in [3.05, 3.63) is 23.8 Å². The number of hydrogen-bond donors (Lipinski definition) is 1. The number of rotatable bonds is 4. The van der Waals surface area contributed by atoms with Crippen molar-refractivity contribution in [2.45, 2.75) is 32.0 Å². The summed E-state index contributed by atoms with van der Waals surface area (Å²) >= 11 is 0. The number of benzene rings is 1. The zero-order chi connectivity index (χ0) is 19.3. The molecule has 1 saturated carbocycles. The number of hydrogen-bond acceptors (Lipinski definition) is 4. The van der Waals surface area contributed by atoms with Gasteiger partial charge in [0.15, 0.2) is 11.6 Å². The topological polar surface area (TPSA) is 61.9 Å². The molecule has 0 aromatic heterocycles. The number of carbonyl (C=O) groups excluding carboxylic acids is 2. The van der Waals surface area contributed by atoms with Crippen LogP contribution in [-0.2, 0) is 9.53 Å². The molecule has 1 N–H and O–H groups in total. The van der Waals surface area contributed by atoms with E-state index in [2.05, 4.69) is 5.32 Å². The highest BCUT2D eigenvalue weighted by atomic mass is 19.1. The second kappa shape index (κ2) is 6.31. The minimum absolute atomic E-state index is 0.0289. The van der Waals surface area contributed by atoms with E-state index in [0.29, 0.717) is 6.54 Å². The molecule has 27 heavy (non-hydrogen) atoms. The van der Waals surface area contributed by atoms with Gasteiger partial charge in [0.05, 0.1) is 18.8 Å². The van der Waals surface area contributed by atoms with Crippen molar-refractivity contribution >= 4 is 23.4 Å². The first-order valence-corrected chi connectivity index (χ1v) is 8.90. The van der Waals surface area contributed by atoms with E-state index in [0.717, 1.165) is 29.9 Å². The zero-order valence-corrected chi connectivity index (χ0v) is 14.8. The Morgan fingerprint density at radius 1 is 1.30 bits per heavy atom. The van der Waals surface area contributed by atoms with E-state index < -0.39 is 35.4 Å². The molecule has 146 valence electrons. The first-order valence-electron chi connectivity index (χ1n) is 8.90. The number of anilines is 2. The lowest BCUT2D eigenvalue weighted by Crippen LogP contribution is -2.33. The summed E-state index contributed by atoms with van der Waals surface area (Å²) in [6, 6.07) is 2.12. The van der Waals surface area contributed by atoms with Crippen molar-refractivity contribution < 1.29 is 27.5 Å². The van der Waals surface area contributed by atoms with Gasteiger partial charge in [0, 0.05) is 37.6 Å². The third kappa shape index (κ3) is 3.19. The first-order chi connectivity index (χ1) is 12.8. The molecule has 4 rings (SSSR count). The first kappa shape index (κ1) is 17.9. The number of carbonyl (C=O) groups is 2. The van der Waals surface area contributed by atoms with Gasteiger partial charge in [-0.25, -0.2) is 18.0 Å². The predicted molar refractivity (Wildman–Crippen MR) is 91.4 cm³/mol. The van der Waals surface area contributed by atoms with E-state index in [1.807, 2.05) is 0 Å². The fourth-order valence-corrected chi connectivity index (χ4v) is 3.84. The van der Waals surface area contributed by atoms with Gasteiger partial charge in [-0.05, 0) is 12.8 Å². The Kier molecular flexibility index (Phi) is 4.20. The Balaban J connectivity index is 1.52. The normalized spacial score (nSPS) is 25.9. The van der Waals surface area contributed by atoms with Crippen molar-refractivity contribution in [1.82, 2.24) is 5.32 Å². The maximum atomic E-state index is 14.7. The molecule has 2 saturated heterocycles. The van der Waals surface area contributed by atoms with Crippen LogP contribution >= 0.6 is 0 Å². The lowest BCUT2D eigenvalue weighted by atomic mass is 10.1. The SMILES string of the molecule is CC(=O)NC[C@H]1CN(c2cc(F)c(N3CC(F)C4(CC4)C3)c(F)c2)C(=O)O1. The fourth-order valence-electron chi connectivity index (χ4n) is 3.84. The summed E-state index contributed by atoms with van der Waals surface area (Å²) in [5.41, 5.74) is -0.679. The number of halogens is 3. The minimum Gasteiger partial charge on any atom is -0.442 e. The van der Waals surface area contributed by atoms with Crippen LogP contribution < -0.4 is 15.1 Å². The average molecular weight is 383 g/mol. The Morgan fingerprint density at radius 3 is 2.52 bits per heavy atom. The van der Waals surface area contributed by atoms with Crippen LogP contribution in [0.1, 0.15) is 19.8 Å². The molecule has 1 aromatic carbocycles. The molecular weight excluding hydrogens is 363 g/mol. The monoisotopic (exact) mass is 383 g/mol. The zero-order valence-electron chi connectivity index (χ0n) is 14.8. The Hall–Kier alpha value is -2.45. The maximum absolute atomic E-state index is 14.7. The molecule has 2 amide bonds. The third-order valence-electron chi connectivity index (χ3n) is 5.53. The molecule has 3 aliphatic rings. The van der Waals surface area contributed by atoms with Gasteiger partial charge in [0.1, 0.15) is 18.0 Å². The highest BCUT2D eigenvalue weighted by Gasteiger charge is 2.56. The second-order valence-electron chi connectivity index (χ2n) is 7.52. The molecule has 1 aliphatic carbocycles. The van der Waals surface area contributed by atoms with Crippen LogP contribution in [0.25, 0.3) is 0 Å². The molecule has 1 unspecified atom stereocenters. The summed E-state index contributed by atoms with van der Waals surface area (Å²) in [4.78, 5) is 25.5. The van der Waals surface area contributed by atoms with Gasteiger partial charge in [0.2, 0.25) is 5.91 Å². The molecule has 1 aromatic rings. The number of nitrogens with zero attached hydrogens (tertiary/aromatic N) is 2. The number of amides is 2. The van der Waals surface area contributed by atoms with E-state index in [4.69, 9.17) is 4.74 Å². The van der Waals surface area contributed by atoms with Crippen LogP contribution in [0.2, 0.25) is 0 Å². The molecular formula is C18H20F3N3O3. The van der Waals surface area contributed by atoms with Crippen LogP contribution in [-0.4, -0.2) is 50.5 Å². The van der Waals surface area contributed by atoms with Gasteiger partial charge in [-0.3, -0.25) is 9.69 Å². The second-order valence-corrected chi connectivity index (χ2v) is 7.52. The van der Waals surface area contributed by atoms with Gasteiger partial charge >= 0.3 is 6.09 Å². The van der Waals surface area contributed by atoms with Crippen molar-refractivity contribution in [3.8, 4) is 0 Å². The third-order valence-corrected chi connectivity index (χ3v) is 5.53. The standard InChI is InChI=1S/C18H20F3N3O3/c1-10(25)22-6-12-7-24(17(26)27-12)11-4-13(19)16(14(20)5-11)23-8-15(21)18(9-23)2-3-18/h4-5,12,15H,2-3,6-9H2,1H3,(H,22,25)/t12-,15?/m0/s1. The molecule has 2 heterocycles. The maximum Gasteiger partial charge on any atom is 0.414 e. The van der Waals surface area contributed by atoms with E-state index in [1.54, 1.807) is 0 Å². The molecule has 1 spiro atoms. The van der Waals surface area contributed by atoms with Gasteiger partial charge in [-0.2, -0.15) is 0 Å². The minimum atomic E-state index is -1.08. The van der Waals surface area contributed by atoms with Crippen LogP contribution in [0.5, 0.6) is 0 Å². The molecule has 2 atom stereocenters. The fraction of sp³-hybridized carbons (Fsp3) is 0.556. The van der Waals surface area contributed by atoms with Gasteiger partial charge in [-0.15, -0.1) is 0 Å². The average Bonchev–Trinajstić information content (AvgIpc) is 3.16. The van der Waals surface area contributed by atoms with Gasteiger partial charge < -0.3 is 15.0 Å². The van der Waals surface area contributed by atoms with Gasteiger partial charge in [0.25, 0.3) is 0 Å². The summed E-state index contributed by atoms with van der Waals surface area (Å²) in [5.74, 6) is -1.95. The van der Waals surface area contributed by atoms with Crippen LogP contribution in [0.3, 0.4) is 0 Å². The van der Waals surface area contributed by atoms with E-state index in [-0.39, 0.29) is 36.9 Å². The van der Waals surface area contributed by atoms with Crippen LogP contribution in [0.15, 0.2) is 12.1 Å². The highest BCUT2D eigenvalue weighted by molar-refractivity contribution is 5.90. The van der Waals surface area contributed by atoms with E-state index >= 15 is 0 Å². The summed E-state index contributed by atoms with van der Waals surface area (Å²) < 4.78 is 48.5. The quantitative estimate of drug-likeness (QED) is 0.867. The molecule has 9 heteroatoms. The van der Waals surface area contributed by atoms with Crippen LogP contribution in [0.4, 0.5) is 29.3 Å². The van der Waals surface area contributed by atoms with Crippen molar-refractivity contribution in [2.75, 3.05) is 36.0 Å². The number of nitrogens with one attached hydrogen (secondary N) is 1. The summed E-state index contributed by atoms with van der Waals surface area (Å²) in [6.07, 6.45) is -0.950. The van der Waals surface area contributed by atoms with Crippen LogP contribution in [0, 0.1) is 17.0 Å². The number of cyclic esters (lactones) is 1. The highest BCUT2D eigenvalue weighted by Crippen LogP contribution is 2.55. The van der Waals surface area contributed by atoms with E-state index in [1.165, 1.54) is 11.8 Å².